The van der Waals surface area contributed by atoms with Crippen LogP contribution in [-0.4, -0.2) is 22.9 Å². The number of nitrogens with one attached hydrogen (secondary N) is 2. The van der Waals surface area contributed by atoms with Gasteiger partial charge in [-0.05, 0) is 18.3 Å². The Kier molecular flexibility index (Phi) is 4.09. The average Bonchev–Trinajstić information content (AvgIpc) is 2.93. The van der Waals surface area contributed by atoms with Crippen molar-refractivity contribution >= 4 is 17.8 Å². The highest BCUT2D eigenvalue weighted by molar-refractivity contribution is 5.85. The average molecular weight is 242 g/mol. The second-order valence-electron chi connectivity index (χ2n) is 5.22. The van der Waals surface area contributed by atoms with Gasteiger partial charge in [0.25, 0.3) is 0 Å². The Bertz CT molecular complexity index is 334. The van der Waals surface area contributed by atoms with Crippen molar-refractivity contribution in [1.82, 2.24) is 10.9 Å². The van der Waals surface area contributed by atoms with Crippen molar-refractivity contribution < 1.29 is 19.5 Å². The number of carbonyl (C=O) groups is 3. The molecule has 0 aliphatic heterocycles. The molecule has 1 saturated carbocycles. The maximum absolute atomic E-state index is 11.5. The molecular formula is C11H18N2O4. The van der Waals surface area contributed by atoms with Crippen LogP contribution in [0.25, 0.3) is 0 Å². The molecule has 2 amide bonds. The van der Waals surface area contributed by atoms with Crippen LogP contribution in [-0.2, 0) is 14.4 Å². The maximum atomic E-state index is 11.5. The zero-order chi connectivity index (χ0) is 13.1. The number of hydrazine groups is 1. The van der Waals surface area contributed by atoms with Gasteiger partial charge >= 0.3 is 5.97 Å². The molecule has 6 heteroatoms. The van der Waals surface area contributed by atoms with Crippen molar-refractivity contribution in [3.63, 3.8) is 0 Å². The monoisotopic (exact) mass is 242 g/mol. The highest BCUT2D eigenvalue weighted by Gasteiger charge is 2.30. The molecule has 1 aliphatic carbocycles. The standard InChI is InChI=1S/C11H18N2O4/c1-11(2,6-9(15)16)5-8(14)12-13-10(17)7-3-4-7/h7H,3-6H2,1-2H3,(H,12,14)(H,13,17)(H,15,16). The van der Waals surface area contributed by atoms with Crippen LogP contribution < -0.4 is 10.9 Å². The molecule has 0 bridgehead atoms. The minimum atomic E-state index is -0.940. The molecule has 0 aromatic rings. The molecule has 0 saturated heterocycles. The number of aliphatic carboxylic acids is 1. The number of amides is 2. The van der Waals surface area contributed by atoms with Crippen molar-refractivity contribution in [2.75, 3.05) is 0 Å². The molecule has 0 radical (unpaired) electrons. The van der Waals surface area contributed by atoms with Gasteiger partial charge in [0.05, 0.1) is 6.42 Å². The second kappa shape index (κ2) is 5.16. The Morgan fingerprint density at radius 3 is 2.24 bits per heavy atom. The third kappa shape index (κ3) is 5.33. The predicted molar refractivity (Wildman–Crippen MR) is 59.7 cm³/mol. The highest BCUT2D eigenvalue weighted by atomic mass is 16.4. The molecule has 3 N–H and O–H groups in total. The smallest absolute Gasteiger partial charge is 0.303 e. The van der Waals surface area contributed by atoms with Crippen LogP contribution in [0, 0.1) is 11.3 Å². The van der Waals surface area contributed by atoms with Crippen LogP contribution in [0.4, 0.5) is 0 Å². The van der Waals surface area contributed by atoms with E-state index in [1.54, 1.807) is 13.8 Å². The Labute approximate surface area is 99.7 Å². The number of rotatable bonds is 5. The normalized spacial score (nSPS) is 15.2. The Hall–Kier alpha value is -1.59. The van der Waals surface area contributed by atoms with E-state index in [4.69, 9.17) is 5.11 Å². The van der Waals surface area contributed by atoms with Gasteiger partial charge in [0.15, 0.2) is 0 Å². The Balaban J connectivity index is 2.27. The van der Waals surface area contributed by atoms with Crippen LogP contribution in [0.3, 0.4) is 0 Å². The summed E-state index contributed by atoms with van der Waals surface area (Å²) in [4.78, 5) is 33.3. The molecule has 0 aromatic carbocycles. The van der Waals surface area contributed by atoms with Crippen LogP contribution in [0.15, 0.2) is 0 Å². The minimum absolute atomic E-state index is 0.0299. The van der Waals surface area contributed by atoms with Gasteiger partial charge in [0.2, 0.25) is 11.8 Å². The fourth-order valence-electron chi connectivity index (χ4n) is 1.53. The van der Waals surface area contributed by atoms with Gasteiger partial charge in [-0.2, -0.15) is 0 Å². The van der Waals surface area contributed by atoms with Gasteiger partial charge in [-0.25, -0.2) is 0 Å². The largest absolute Gasteiger partial charge is 0.481 e. The molecule has 0 atom stereocenters. The molecule has 0 unspecified atom stereocenters. The lowest BCUT2D eigenvalue weighted by molar-refractivity contribution is -0.140. The fraction of sp³-hybridized carbons (Fsp3) is 0.727. The fourth-order valence-corrected chi connectivity index (χ4v) is 1.53. The van der Waals surface area contributed by atoms with E-state index in [1.807, 2.05) is 0 Å². The summed E-state index contributed by atoms with van der Waals surface area (Å²) in [5.74, 6) is -1.45. The SMILES string of the molecule is CC(C)(CC(=O)O)CC(=O)NNC(=O)C1CC1. The summed E-state index contributed by atoms with van der Waals surface area (Å²) in [6.45, 7) is 3.40. The van der Waals surface area contributed by atoms with Crippen LogP contribution in [0.2, 0.25) is 0 Å². The summed E-state index contributed by atoms with van der Waals surface area (Å²) in [6.07, 6.45) is 1.71. The third-order valence-corrected chi connectivity index (χ3v) is 2.54. The molecule has 0 heterocycles. The summed E-state index contributed by atoms with van der Waals surface area (Å²) in [6, 6.07) is 0. The number of carbonyl (C=O) groups excluding carboxylic acids is 2. The molecule has 17 heavy (non-hydrogen) atoms. The first-order valence-corrected chi connectivity index (χ1v) is 5.61. The summed E-state index contributed by atoms with van der Waals surface area (Å²) < 4.78 is 0. The van der Waals surface area contributed by atoms with Crippen molar-refractivity contribution in [3.05, 3.63) is 0 Å². The number of hydrogen-bond donors (Lipinski definition) is 3. The van der Waals surface area contributed by atoms with Gasteiger partial charge < -0.3 is 5.11 Å². The molecule has 6 nitrogen and oxygen atoms in total. The van der Waals surface area contributed by atoms with Gasteiger partial charge in [0, 0.05) is 12.3 Å². The zero-order valence-electron chi connectivity index (χ0n) is 10.1. The molecule has 1 aliphatic rings. The quantitative estimate of drug-likeness (QED) is 0.609. The van der Waals surface area contributed by atoms with Gasteiger partial charge in [-0.3, -0.25) is 25.2 Å². The van der Waals surface area contributed by atoms with Crippen LogP contribution >= 0.6 is 0 Å². The lowest BCUT2D eigenvalue weighted by Gasteiger charge is -2.21. The minimum Gasteiger partial charge on any atom is -0.481 e. The molecule has 1 rings (SSSR count). The van der Waals surface area contributed by atoms with Crippen LogP contribution in [0.5, 0.6) is 0 Å². The van der Waals surface area contributed by atoms with E-state index in [9.17, 15) is 14.4 Å². The topological polar surface area (TPSA) is 95.5 Å². The Morgan fingerprint density at radius 1 is 1.18 bits per heavy atom. The van der Waals surface area contributed by atoms with Crippen molar-refractivity contribution in [1.29, 1.82) is 0 Å². The van der Waals surface area contributed by atoms with E-state index in [-0.39, 0.29) is 30.6 Å². The molecule has 96 valence electrons. The zero-order valence-corrected chi connectivity index (χ0v) is 10.1. The van der Waals surface area contributed by atoms with E-state index in [0.29, 0.717) is 0 Å². The van der Waals surface area contributed by atoms with Crippen LogP contribution in [0.1, 0.15) is 39.5 Å². The van der Waals surface area contributed by atoms with Gasteiger partial charge in [0.1, 0.15) is 0 Å². The van der Waals surface area contributed by atoms with E-state index in [2.05, 4.69) is 10.9 Å². The molecule has 1 fully saturated rings. The molecular weight excluding hydrogens is 224 g/mol. The summed E-state index contributed by atoms with van der Waals surface area (Å²) >= 11 is 0. The molecule has 0 aromatic heterocycles. The Morgan fingerprint density at radius 2 is 1.76 bits per heavy atom. The number of carboxylic acid groups (broad SMARTS) is 1. The van der Waals surface area contributed by atoms with E-state index >= 15 is 0 Å². The third-order valence-electron chi connectivity index (χ3n) is 2.54. The number of carboxylic acids is 1. The first-order chi connectivity index (χ1) is 7.80. The number of hydrogen-bond acceptors (Lipinski definition) is 3. The van der Waals surface area contributed by atoms with Crippen molar-refractivity contribution in [2.45, 2.75) is 39.5 Å². The predicted octanol–water partition coefficient (Wildman–Crippen LogP) is 0.435. The molecule has 0 spiro atoms. The first-order valence-electron chi connectivity index (χ1n) is 5.61. The lowest BCUT2D eigenvalue weighted by atomic mass is 9.85. The van der Waals surface area contributed by atoms with Gasteiger partial charge in [-0.15, -0.1) is 0 Å². The van der Waals surface area contributed by atoms with Gasteiger partial charge in [-0.1, -0.05) is 13.8 Å². The van der Waals surface area contributed by atoms with E-state index in [0.717, 1.165) is 12.8 Å². The maximum Gasteiger partial charge on any atom is 0.303 e. The summed E-state index contributed by atoms with van der Waals surface area (Å²) in [5, 5.41) is 8.66. The highest BCUT2D eigenvalue weighted by Crippen LogP contribution is 2.28. The lowest BCUT2D eigenvalue weighted by Crippen LogP contribution is -2.43. The van der Waals surface area contributed by atoms with E-state index in [1.165, 1.54) is 0 Å². The van der Waals surface area contributed by atoms with Crippen molar-refractivity contribution in [3.8, 4) is 0 Å². The van der Waals surface area contributed by atoms with E-state index < -0.39 is 11.4 Å². The second-order valence-corrected chi connectivity index (χ2v) is 5.22. The summed E-state index contributed by atoms with van der Waals surface area (Å²) in [5.41, 5.74) is 4.01. The van der Waals surface area contributed by atoms with Crippen molar-refractivity contribution in [2.24, 2.45) is 11.3 Å². The first kappa shape index (κ1) is 13.5. The summed E-state index contributed by atoms with van der Waals surface area (Å²) in [7, 11) is 0.